The first-order chi connectivity index (χ1) is 13.3. The number of hydrogen-bond acceptors (Lipinski definition) is 3. The van der Waals surface area contributed by atoms with Gasteiger partial charge in [0.25, 0.3) is 10.2 Å². The molecule has 6 nitrogen and oxygen atoms in total. The number of rotatable bonds is 5. The number of anilines is 1. The molecule has 1 aliphatic rings. The summed E-state index contributed by atoms with van der Waals surface area (Å²) in [6.07, 6.45) is 0.675. The molecule has 3 rings (SSSR count). The molecule has 0 bridgehead atoms. The quantitative estimate of drug-likeness (QED) is 0.804. The Morgan fingerprint density at radius 3 is 2.57 bits per heavy atom. The van der Waals surface area contributed by atoms with Crippen LogP contribution < -0.4 is 5.32 Å². The van der Waals surface area contributed by atoms with Gasteiger partial charge in [-0.25, -0.2) is 0 Å². The average Bonchev–Trinajstić information content (AvgIpc) is 2.62. The van der Waals surface area contributed by atoms with E-state index in [1.807, 2.05) is 38.1 Å². The Bertz CT molecular complexity index is 978. The minimum absolute atomic E-state index is 0.224. The van der Waals surface area contributed by atoms with Gasteiger partial charge in [0, 0.05) is 30.3 Å². The number of carbonyl (C=O) groups excluding carboxylic acids is 1. The van der Waals surface area contributed by atoms with Crippen LogP contribution in [0.1, 0.15) is 23.1 Å². The van der Waals surface area contributed by atoms with Crippen LogP contribution in [0, 0.1) is 13.8 Å². The van der Waals surface area contributed by atoms with Gasteiger partial charge >= 0.3 is 0 Å². The second-order valence-electron chi connectivity index (χ2n) is 7.03. The summed E-state index contributed by atoms with van der Waals surface area (Å²) in [5.41, 5.74) is 3.47. The van der Waals surface area contributed by atoms with Gasteiger partial charge < -0.3 is 5.32 Å². The van der Waals surface area contributed by atoms with Crippen LogP contribution in [-0.4, -0.2) is 42.6 Å². The monoisotopic (exact) mass is 421 g/mol. The summed E-state index contributed by atoms with van der Waals surface area (Å²) < 4.78 is 28.5. The molecular formula is C20H24ClN3O3S. The van der Waals surface area contributed by atoms with Crippen molar-refractivity contribution in [2.45, 2.75) is 26.8 Å². The molecular weight excluding hydrogens is 398 g/mol. The average molecular weight is 422 g/mol. The Balaban J connectivity index is 1.67. The normalized spacial score (nSPS) is 17.4. The van der Waals surface area contributed by atoms with Crippen LogP contribution in [0.25, 0.3) is 0 Å². The van der Waals surface area contributed by atoms with Crippen molar-refractivity contribution in [3.05, 3.63) is 64.2 Å². The largest absolute Gasteiger partial charge is 0.325 e. The molecule has 0 aliphatic carbocycles. The van der Waals surface area contributed by atoms with E-state index in [-0.39, 0.29) is 12.5 Å². The predicted octanol–water partition coefficient (Wildman–Crippen LogP) is 3.35. The maximum Gasteiger partial charge on any atom is 0.282 e. The first kappa shape index (κ1) is 20.8. The zero-order valence-corrected chi connectivity index (χ0v) is 17.6. The topological polar surface area (TPSA) is 69.7 Å². The lowest BCUT2D eigenvalue weighted by Gasteiger charge is -2.34. The van der Waals surface area contributed by atoms with Crippen molar-refractivity contribution in [2.24, 2.45) is 0 Å². The highest BCUT2D eigenvalue weighted by Crippen LogP contribution is 2.22. The fourth-order valence-corrected chi connectivity index (χ4v) is 5.00. The highest BCUT2D eigenvalue weighted by molar-refractivity contribution is 7.86. The van der Waals surface area contributed by atoms with Crippen LogP contribution in [-0.2, 0) is 21.5 Å². The number of carbonyl (C=O) groups is 1. The first-order valence-corrected chi connectivity index (χ1v) is 10.9. The van der Waals surface area contributed by atoms with Crippen molar-refractivity contribution in [1.29, 1.82) is 0 Å². The second-order valence-corrected chi connectivity index (χ2v) is 9.37. The number of hydrogen-bond donors (Lipinski definition) is 1. The predicted molar refractivity (Wildman–Crippen MR) is 112 cm³/mol. The van der Waals surface area contributed by atoms with Crippen LogP contribution in [0.2, 0.25) is 5.02 Å². The molecule has 0 unspecified atom stereocenters. The molecule has 150 valence electrons. The van der Waals surface area contributed by atoms with E-state index in [9.17, 15) is 13.2 Å². The van der Waals surface area contributed by atoms with Crippen LogP contribution in [0.5, 0.6) is 0 Å². The lowest BCUT2D eigenvalue weighted by Crippen LogP contribution is -2.51. The van der Waals surface area contributed by atoms with Crippen LogP contribution in [0.3, 0.4) is 0 Å². The zero-order chi connectivity index (χ0) is 20.3. The summed E-state index contributed by atoms with van der Waals surface area (Å²) >= 11 is 6.08. The van der Waals surface area contributed by atoms with Crippen molar-refractivity contribution >= 4 is 33.4 Å². The fourth-order valence-electron chi connectivity index (χ4n) is 3.18. The molecule has 0 spiro atoms. The molecule has 2 aromatic carbocycles. The fraction of sp³-hybridized carbons (Fsp3) is 0.350. The molecule has 0 atom stereocenters. The van der Waals surface area contributed by atoms with Gasteiger partial charge in [-0.05, 0) is 43.5 Å². The Labute approximate surface area is 171 Å². The summed E-state index contributed by atoms with van der Waals surface area (Å²) in [6, 6.07) is 13.0. The molecule has 0 aromatic heterocycles. The maximum atomic E-state index is 12.9. The van der Waals surface area contributed by atoms with E-state index in [0.717, 1.165) is 16.7 Å². The third-order valence-electron chi connectivity index (χ3n) is 4.68. The van der Waals surface area contributed by atoms with Crippen molar-refractivity contribution in [2.75, 3.05) is 25.0 Å². The van der Waals surface area contributed by atoms with Crippen LogP contribution in [0.4, 0.5) is 5.69 Å². The van der Waals surface area contributed by atoms with Gasteiger partial charge in [0.2, 0.25) is 5.91 Å². The lowest BCUT2D eigenvalue weighted by molar-refractivity contribution is -0.116. The summed E-state index contributed by atoms with van der Waals surface area (Å²) in [4.78, 5) is 12.4. The van der Waals surface area contributed by atoms with Gasteiger partial charge in [-0.2, -0.15) is 17.0 Å². The molecule has 1 heterocycles. The molecule has 1 N–H and O–H groups in total. The number of benzene rings is 2. The number of amides is 1. The molecule has 1 aliphatic heterocycles. The standard InChI is InChI=1S/C20H24ClN3O3S/c1-15-5-3-6-17(11-15)13-23-9-4-10-24(28(23,26)27)14-20(25)22-18-8-7-16(2)19(21)12-18/h3,5-8,11-12H,4,9-10,13-14H2,1-2H3,(H,22,25). The van der Waals surface area contributed by atoms with E-state index in [2.05, 4.69) is 5.32 Å². The van der Waals surface area contributed by atoms with Crippen molar-refractivity contribution in [1.82, 2.24) is 8.61 Å². The Kier molecular flexibility index (Phi) is 6.40. The smallest absolute Gasteiger partial charge is 0.282 e. The van der Waals surface area contributed by atoms with E-state index >= 15 is 0 Å². The number of nitrogens with zero attached hydrogens (tertiary/aromatic N) is 2. The molecule has 2 aromatic rings. The molecule has 0 radical (unpaired) electrons. The van der Waals surface area contributed by atoms with Crippen molar-refractivity contribution in [3.63, 3.8) is 0 Å². The molecule has 0 saturated carbocycles. The Hall–Kier alpha value is -1.93. The summed E-state index contributed by atoms with van der Waals surface area (Å²) in [5, 5.41) is 3.27. The number of nitrogens with one attached hydrogen (secondary N) is 1. The minimum atomic E-state index is -3.70. The Morgan fingerprint density at radius 1 is 1.11 bits per heavy atom. The van der Waals surface area contributed by atoms with E-state index in [1.165, 1.54) is 8.61 Å². The molecule has 1 fully saturated rings. The molecule has 8 heteroatoms. The van der Waals surface area contributed by atoms with E-state index < -0.39 is 10.2 Å². The van der Waals surface area contributed by atoms with Crippen molar-refractivity contribution < 1.29 is 13.2 Å². The second kappa shape index (κ2) is 8.61. The van der Waals surface area contributed by atoms with E-state index in [4.69, 9.17) is 11.6 Å². The number of halogens is 1. The van der Waals surface area contributed by atoms with Crippen molar-refractivity contribution in [3.8, 4) is 0 Å². The SMILES string of the molecule is Cc1cccc(CN2CCCN(CC(=O)Nc3ccc(C)c(Cl)c3)S2(=O)=O)c1. The minimum Gasteiger partial charge on any atom is -0.325 e. The van der Waals surface area contributed by atoms with E-state index in [0.29, 0.717) is 36.8 Å². The van der Waals surface area contributed by atoms with Gasteiger partial charge in [0.1, 0.15) is 0 Å². The van der Waals surface area contributed by atoms with Gasteiger partial charge in [-0.15, -0.1) is 0 Å². The van der Waals surface area contributed by atoms with Gasteiger partial charge in [-0.1, -0.05) is 47.5 Å². The van der Waals surface area contributed by atoms with Gasteiger partial charge in [0.15, 0.2) is 0 Å². The summed E-state index contributed by atoms with van der Waals surface area (Å²) in [7, 11) is -3.70. The Morgan fingerprint density at radius 2 is 1.86 bits per heavy atom. The zero-order valence-electron chi connectivity index (χ0n) is 16.0. The molecule has 1 saturated heterocycles. The third kappa shape index (κ3) is 4.91. The highest BCUT2D eigenvalue weighted by Gasteiger charge is 2.34. The third-order valence-corrected chi connectivity index (χ3v) is 7.02. The maximum absolute atomic E-state index is 12.9. The van der Waals surface area contributed by atoms with Gasteiger partial charge in [0.05, 0.1) is 6.54 Å². The first-order valence-electron chi connectivity index (χ1n) is 9.12. The van der Waals surface area contributed by atoms with Crippen LogP contribution >= 0.6 is 11.6 Å². The van der Waals surface area contributed by atoms with E-state index in [1.54, 1.807) is 18.2 Å². The summed E-state index contributed by atoms with van der Waals surface area (Å²) in [5.74, 6) is -0.388. The number of aryl methyl sites for hydroxylation is 2. The summed E-state index contributed by atoms with van der Waals surface area (Å²) in [6.45, 7) is 4.70. The van der Waals surface area contributed by atoms with Gasteiger partial charge in [-0.3, -0.25) is 4.79 Å². The molecule has 28 heavy (non-hydrogen) atoms. The highest BCUT2D eigenvalue weighted by atomic mass is 35.5. The van der Waals surface area contributed by atoms with Crippen LogP contribution in [0.15, 0.2) is 42.5 Å². The molecule has 1 amide bonds. The lowest BCUT2D eigenvalue weighted by atomic mass is 10.1.